The van der Waals surface area contributed by atoms with Crippen LogP contribution >= 0.6 is 0 Å². The van der Waals surface area contributed by atoms with Gasteiger partial charge in [0.25, 0.3) is 0 Å². The maximum Gasteiger partial charge on any atom is 0.322 e. The summed E-state index contributed by atoms with van der Waals surface area (Å²) >= 11 is 0. The van der Waals surface area contributed by atoms with Crippen molar-refractivity contribution in [3.05, 3.63) is 29.8 Å². The van der Waals surface area contributed by atoms with E-state index in [0.29, 0.717) is 12.3 Å². The van der Waals surface area contributed by atoms with Gasteiger partial charge in [-0.25, -0.2) is 0 Å². The van der Waals surface area contributed by atoms with Gasteiger partial charge in [-0.05, 0) is 43.4 Å². The van der Waals surface area contributed by atoms with Crippen molar-refractivity contribution in [2.24, 2.45) is 11.7 Å². The third-order valence-electron chi connectivity index (χ3n) is 3.74. The molecule has 4 nitrogen and oxygen atoms in total. The Morgan fingerprint density at radius 1 is 1.58 bits per heavy atom. The first-order chi connectivity index (χ1) is 9.10. The van der Waals surface area contributed by atoms with E-state index in [-0.39, 0.29) is 5.97 Å². The fourth-order valence-electron chi connectivity index (χ4n) is 2.69. The second-order valence-corrected chi connectivity index (χ2v) is 5.31. The maximum atomic E-state index is 11.3. The van der Waals surface area contributed by atoms with Gasteiger partial charge in [0, 0.05) is 18.8 Å². The maximum absolute atomic E-state index is 11.3. The molecule has 1 fully saturated rings. The Labute approximate surface area is 114 Å². The number of carbonyl (C=O) groups excluding carboxylic acids is 1. The molecular formula is C15H22N2O2. The summed E-state index contributed by atoms with van der Waals surface area (Å²) in [6.45, 7) is 4.10. The molecule has 0 spiro atoms. The largest absolute Gasteiger partial charge is 0.468 e. The summed E-state index contributed by atoms with van der Waals surface area (Å²) in [7, 11) is 1.38. The fourth-order valence-corrected chi connectivity index (χ4v) is 2.69. The third-order valence-corrected chi connectivity index (χ3v) is 3.74. The average Bonchev–Trinajstić information content (AvgIpc) is 2.86. The summed E-state index contributed by atoms with van der Waals surface area (Å²) in [5.74, 6) is 0.156. The molecule has 0 amide bonds. The van der Waals surface area contributed by atoms with Gasteiger partial charge >= 0.3 is 5.97 Å². The highest BCUT2D eigenvalue weighted by molar-refractivity contribution is 5.75. The lowest BCUT2D eigenvalue weighted by Crippen LogP contribution is -2.34. The van der Waals surface area contributed by atoms with Crippen LogP contribution in [0.4, 0.5) is 5.69 Å². The van der Waals surface area contributed by atoms with E-state index in [2.05, 4.69) is 40.8 Å². The molecule has 104 valence electrons. The van der Waals surface area contributed by atoms with Crippen molar-refractivity contribution in [2.45, 2.75) is 25.8 Å². The van der Waals surface area contributed by atoms with Gasteiger partial charge < -0.3 is 15.4 Å². The Bertz CT molecular complexity index is 448. The number of nitrogens with two attached hydrogens (primary N) is 1. The number of hydrogen-bond acceptors (Lipinski definition) is 4. The summed E-state index contributed by atoms with van der Waals surface area (Å²) in [4.78, 5) is 13.7. The molecule has 0 aliphatic carbocycles. The molecule has 2 rings (SSSR count). The molecule has 0 aromatic heterocycles. The highest BCUT2D eigenvalue weighted by Crippen LogP contribution is 2.26. The van der Waals surface area contributed by atoms with Gasteiger partial charge in [0.05, 0.1) is 7.11 Å². The summed E-state index contributed by atoms with van der Waals surface area (Å²) in [5, 5.41) is 0. The average molecular weight is 262 g/mol. The number of rotatable bonds is 4. The molecule has 2 N–H and O–H groups in total. The van der Waals surface area contributed by atoms with Crippen LogP contribution in [0.5, 0.6) is 0 Å². The quantitative estimate of drug-likeness (QED) is 0.839. The number of benzene rings is 1. The van der Waals surface area contributed by atoms with Crippen molar-refractivity contribution >= 4 is 11.7 Å². The number of carbonyl (C=O) groups is 1. The predicted octanol–water partition coefficient (Wildman–Crippen LogP) is 1.71. The van der Waals surface area contributed by atoms with E-state index in [1.165, 1.54) is 18.4 Å². The number of hydrogen-bond donors (Lipinski definition) is 1. The van der Waals surface area contributed by atoms with Gasteiger partial charge in [-0.15, -0.1) is 0 Å². The second kappa shape index (κ2) is 6.06. The first-order valence-corrected chi connectivity index (χ1v) is 6.75. The van der Waals surface area contributed by atoms with Crippen LogP contribution in [0.15, 0.2) is 24.3 Å². The second-order valence-electron chi connectivity index (χ2n) is 5.31. The van der Waals surface area contributed by atoms with E-state index < -0.39 is 6.04 Å². The van der Waals surface area contributed by atoms with E-state index in [1.54, 1.807) is 0 Å². The van der Waals surface area contributed by atoms with Gasteiger partial charge in [-0.3, -0.25) is 4.79 Å². The highest BCUT2D eigenvalue weighted by Gasteiger charge is 2.27. The summed E-state index contributed by atoms with van der Waals surface area (Å²) in [5.41, 5.74) is 8.35. The number of esters is 1. The molecule has 1 saturated heterocycles. The van der Waals surface area contributed by atoms with Crippen molar-refractivity contribution in [1.29, 1.82) is 0 Å². The van der Waals surface area contributed by atoms with Crippen molar-refractivity contribution < 1.29 is 9.53 Å². The molecule has 1 aliphatic rings. The van der Waals surface area contributed by atoms with Gasteiger partial charge in [0.2, 0.25) is 0 Å². The van der Waals surface area contributed by atoms with Crippen LogP contribution in [0.25, 0.3) is 0 Å². The van der Waals surface area contributed by atoms with E-state index in [0.717, 1.165) is 19.5 Å². The summed E-state index contributed by atoms with van der Waals surface area (Å²) < 4.78 is 4.67. The predicted molar refractivity (Wildman–Crippen MR) is 76.1 cm³/mol. The number of methoxy groups -OCH3 is 1. The monoisotopic (exact) mass is 262 g/mol. The molecule has 0 bridgehead atoms. The zero-order chi connectivity index (χ0) is 13.8. The zero-order valence-electron chi connectivity index (χ0n) is 11.6. The summed E-state index contributed by atoms with van der Waals surface area (Å²) in [6.07, 6.45) is 1.79. The number of aryl methyl sites for hydroxylation is 1. The molecule has 2 atom stereocenters. The molecule has 0 saturated carbocycles. The molecule has 1 heterocycles. The minimum Gasteiger partial charge on any atom is -0.468 e. The standard InChI is InChI=1S/C15H22N2O2/c1-11-4-3-5-13(8-11)17-7-6-12(10-17)9-14(16)15(18)19-2/h3-5,8,12,14H,6-7,9-10,16H2,1-2H3. The lowest BCUT2D eigenvalue weighted by atomic mass is 10.00. The van der Waals surface area contributed by atoms with Gasteiger partial charge in [-0.2, -0.15) is 0 Å². The molecular weight excluding hydrogens is 240 g/mol. The highest BCUT2D eigenvalue weighted by atomic mass is 16.5. The van der Waals surface area contributed by atoms with Crippen LogP contribution in [0.2, 0.25) is 0 Å². The molecule has 2 unspecified atom stereocenters. The topological polar surface area (TPSA) is 55.6 Å². The number of anilines is 1. The van der Waals surface area contributed by atoms with E-state index >= 15 is 0 Å². The Balaban J connectivity index is 1.91. The van der Waals surface area contributed by atoms with Crippen LogP contribution in [-0.2, 0) is 9.53 Å². The van der Waals surface area contributed by atoms with Crippen LogP contribution in [-0.4, -0.2) is 32.2 Å². The molecule has 4 heteroatoms. The van der Waals surface area contributed by atoms with Crippen LogP contribution < -0.4 is 10.6 Å². The van der Waals surface area contributed by atoms with Crippen LogP contribution in [0, 0.1) is 12.8 Å². The third kappa shape index (κ3) is 3.47. The first kappa shape index (κ1) is 13.9. The van der Waals surface area contributed by atoms with Crippen LogP contribution in [0.3, 0.4) is 0 Å². The molecule has 0 radical (unpaired) electrons. The van der Waals surface area contributed by atoms with Crippen molar-refractivity contribution in [2.75, 3.05) is 25.1 Å². The Hall–Kier alpha value is -1.55. The zero-order valence-corrected chi connectivity index (χ0v) is 11.6. The van der Waals surface area contributed by atoms with Gasteiger partial charge in [0.1, 0.15) is 6.04 Å². The molecule has 1 aliphatic heterocycles. The smallest absolute Gasteiger partial charge is 0.322 e. The molecule has 1 aromatic carbocycles. The van der Waals surface area contributed by atoms with E-state index in [4.69, 9.17) is 5.73 Å². The van der Waals surface area contributed by atoms with E-state index in [1.807, 2.05) is 0 Å². The number of nitrogens with zero attached hydrogens (tertiary/aromatic N) is 1. The van der Waals surface area contributed by atoms with Crippen molar-refractivity contribution in [1.82, 2.24) is 0 Å². The molecule has 1 aromatic rings. The Morgan fingerprint density at radius 3 is 3.05 bits per heavy atom. The van der Waals surface area contributed by atoms with Gasteiger partial charge in [0.15, 0.2) is 0 Å². The normalized spacial score (nSPS) is 20.4. The first-order valence-electron chi connectivity index (χ1n) is 6.75. The molecule has 19 heavy (non-hydrogen) atoms. The lowest BCUT2D eigenvalue weighted by Gasteiger charge is -2.20. The Kier molecular flexibility index (Phi) is 4.43. The fraction of sp³-hybridized carbons (Fsp3) is 0.533. The van der Waals surface area contributed by atoms with Gasteiger partial charge in [-0.1, -0.05) is 12.1 Å². The Morgan fingerprint density at radius 2 is 2.37 bits per heavy atom. The SMILES string of the molecule is COC(=O)C(N)CC1CCN(c2cccc(C)c2)C1. The van der Waals surface area contributed by atoms with E-state index in [9.17, 15) is 4.79 Å². The summed E-state index contributed by atoms with van der Waals surface area (Å²) in [6, 6.07) is 8.02. The number of ether oxygens (including phenoxy) is 1. The minimum atomic E-state index is -0.493. The lowest BCUT2D eigenvalue weighted by molar-refractivity contribution is -0.142. The van der Waals surface area contributed by atoms with Crippen LogP contribution in [0.1, 0.15) is 18.4 Å². The van der Waals surface area contributed by atoms with Crippen molar-refractivity contribution in [3.63, 3.8) is 0 Å². The van der Waals surface area contributed by atoms with Crippen molar-refractivity contribution in [3.8, 4) is 0 Å². The minimum absolute atomic E-state index is 0.311.